The summed E-state index contributed by atoms with van der Waals surface area (Å²) in [7, 11) is 0. The third-order valence-corrected chi connectivity index (χ3v) is 14.6. The van der Waals surface area contributed by atoms with Gasteiger partial charge >= 0.3 is 5.97 Å². The maximum absolute atomic E-state index is 12.5. The SMILES string of the molecule is CCCCC/C=C\CCCCCCCC(=O)OCCCCCCCCCCCCCC/C=C\CCCCCCCCCC(=O)NC(CO)C(O)/C=C/CCCCCCCCCCCCCCCCCCC. The van der Waals surface area contributed by atoms with E-state index in [1.165, 1.54) is 263 Å². The van der Waals surface area contributed by atoms with E-state index in [1.54, 1.807) is 6.08 Å². The van der Waals surface area contributed by atoms with Crippen molar-refractivity contribution >= 4 is 11.9 Å². The fourth-order valence-electron chi connectivity index (χ4n) is 9.74. The molecule has 6 nitrogen and oxygen atoms in total. The van der Waals surface area contributed by atoms with E-state index < -0.39 is 12.1 Å². The molecule has 0 spiro atoms. The molecule has 2 unspecified atom stereocenters. The fraction of sp³-hybridized carbons (Fsp3) is 0.877. The minimum atomic E-state index is -0.849. The summed E-state index contributed by atoms with van der Waals surface area (Å²) in [6, 6.07) is -0.633. The van der Waals surface area contributed by atoms with E-state index in [2.05, 4.69) is 43.5 Å². The summed E-state index contributed by atoms with van der Waals surface area (Å²) in [5.41, 5.74) is 0. The van der Waals surface area contributed by atoms with Crippen LogP contribution in [0.3, 0.4) is 0 Å². The Kier molecular flexibility index (Phi) is 59.0. The molecule has 0 aromatic heterocycles. The van der Waals surface area contributed by atoms with Crippen molar-refractivity contribution in [1.82, 2.24) is 5.32 Å². The highest BCUT2D eigenvalue weighted by atomic mass is 16.5. The number of aliphatic hydroxyl groups is 2. The van der Waals surface area contributed by atoms with Crippen LogP contribution in [-0.2, 0) is 14.3 Å². The van der Waals surface area contributed by atoms with Gasteiger partial charge in [-0.3, -0.25) is 9.59 Å². The van der Waals surface area contributed by atoms with Crippen LogP contribution in [0.2, 0.25) is 0 Å². The molecule has 0 aromatic rings. The number of aliphatic hydroxyl groups excluding tert-OH is 2. The number of nitrogens with one attached hydrogen (secondary N) is 1. The summed E-state index contributed by atoms with van der Waals surface area (Å²) in [4.78, 5) is 24.5. The molecule has 0 fully saturated rings. The van der Waals surface area contributed by atoms with E-state index in [1.807, 2.05) is 6.08 Å². The largest absolute Gasteiger partial charge is 0.466 e. The molecule has 0 bridgehead atoms. The summed E-state index contributed by atoms with van der Waals surface area (Å²) in [5, 5.41) is 23.2. The van der Waals surface area contributed by atoms with Gasteiger partial charge in [-0.2, -0.15) is 0 Å². The molecular formula is C65H123NO5. The third kappa shape index (κ3) is 57.2. The lowest BCUT2D eigenvalue weighted by molar-refractivity contribution is -0.143. The molecule has 0 radical (unpaired) electrons. The predicted molar refractivity (Wildman–Crippen MR) is 310 cm³/mol. The molecule has 0 saturated heterocycles. The van der Waals surface area contributed by atoms with Crippen molar-refractivity contribution < 1.29 is 24.5 Å². The fourth-order valence-corrected chi connectivity index (χ4v) is 9.74. The number of unbranched alkanes of at least 4 members (excludes halogenated alkanes) is 44. The minimum Gasteiger partial charge on any atom is -0.466 e. The Hall–Kier alpha value is -1.92. The van der Waals surface area contributed by atoms with Crippen LogP contribution in [0.15, 0.2) is 36.5 Å². The van der Waals surface area contributed by atoms with Gasteiger partial charge < -0.3 is 20.3 Å². The maximum atomic E-state index is 12.5. The summed E-state index contributed by atoms with van der Waals surface area (Å²) in [6.45, 7) is 4.89. The Morgan fingerprint density at radius 1 is 0.380 bits per heavy atom. The number of carbonyl (C=O) groups excluding carboxylic acids is 2. The van der Waals surface area contributed by atoms with Crippen molar-refractivity contribution in [2.45, 2.75) is 353 Å². The van der Waals surface area contributed by atoms with Gasteiger partial charge in [0.25, 0.3) is 0 Å². The number of esters is 1. The average Bonchev–Trinajstić information content (AvgIpc) is 3.37. The minimum absolute atomic E-state index is 0.000912. The van der Waals surface area contributed by atoms with Crippen LogP contribution < -0.4 is 5.32 Å². The lowest BCUT2D eigenvalue weighted by Gasteiger charge is -2.20. The molecule has 0 aliphatic heterocycles. The monoisotopic (exact) mass is 998 g/mol. The maximum Gasteiger partial charge on any atom is 0.305 e. The number of ether oxygens (including phenoxy) is 1. The Morgan fingerprint density at radius 2 is 0.662 bits per heavy atom. The highest BCUT2D eigenvalue weighted by molar-refractivity contribution is 5.76. The van der Waals surface area contributed by atoms with Crippen molar-refractivity contribution in [3.05, 3.63) is 36.5 Å². The van der Waals surface area contributed by atoms with E-state index >= 15 is 0 Å². The zero-order valence-corrected chi connectivity index (χ0v) is 47.7. The van der Waals surface area contributed by atoms with Crippen LogP contribution >= 0.6 is 0 Å². The molecule has 6 heteroatoms. The van der Waals surface area contributed by atoms with E-state index in [-0.39, 0.29) is 18.5 Å². The Morgan fingerprint density at radius 3 is 1.03 bits per heavy atom. The molecular weight excluding hydrogens is 875 g/mol. The lowest BCUT2D eigenvalue weighted by atomic mass is 10.0. The number of hydrogen-bond acceptors (Lipinski definition) is 5. The summed E-state index contributed by atoms with van der Waals surface area (Å²) in [6.07, 6.45) is 76.2. The van der Waals surface area contributed by atoms with Gasteiger partial charge in [-0.15, -0.1) is 0 Å². The third-order valence-electron chi connectivity index (χ3n) is 14.6. The van der Waals surface area contributed by atoms with Crippen molar-refractivity contribution in [3.63, 3.8) is 0 Å². The standard InChI is InChI=1S/C65H123NO5/c1-3-5-7-9-11-13-15-17-18-19-25-28-31-34-37-41-45-49-53-57-63(68)62(61-67)66-64(69)58-54-50-46-42-38-35-32-29-26-23-21-20-22-24-27-30-33-36-40-44-48-52-56-60-71-65(70)59-55-51-47-43-39-16-14-12-10-8-6-4-2/h12,14,23,26,53,57,62-63,67-68H,3-11,13,15-22,24-25,27-52,54-56,58-61H2,1-2H3,(H,66,69)/b14-12-,26-23-,57-53+. The molecule has 0 saturated carbocycles. The summed E-state index contributed by atoms with van der Waals surface area (Å²) < 4.78 is 5.46. The van der Waals surface area contributed by atoms with Gasteiger partial charge in [0.2, 0.25) is 5.91 Å². The first-order valence-corrected chi connectivity index (χ1v) is 31.8. The number of amides is 1. The molecule has 2 atom stereocenters. The Labute approximate surface area is 443 Å². The molecule has 0 heterocycles. The molecule has 0 rings (SSSR count). The van der Waals surface area contributed by atoms with Crippen molar-refractivity contribution in [1.29, 1.82) is 0 Å². The smallest absolute Gasteiger partial charge is 0.305 e. The first kappa shape index (κ1) is 69.1. The second-order valence-corrected chi connectivity index (χ2v) is 21.7. The van der Waals surface area contributed by atoms with Crippen molar-refractivity contribution in [2.75, 3.05) is 13.2 Å². The lowest BCUT2D eigenvalue weighted by Crippen LogP contribution is -2.45. The van der Waals surface area contributed by atoms with Crippen LogP contribution in [0, 0.1) is 0 Å². The Bertz CT molecular complexity index is 1150. The highest BCUT2D eigenvalue weighted by Crippen LogP contribution is 2.17. The van der Waals surface area contributed by atoms with E-state index in [4.69, 9.17) is 4.74 Å². The molecule has 0 aromatic carbocycles. The van der Waals surface area contributed by atoms with Gasteiger partial charge in [0.05, 0.1) is 25.4 Å². The first-order valence-electron chi connectivity index (χ1n) is 31.8. The number of rotatable bonds is 59. The van der Waals surface area contributed by atoms with Gasteiger partial charge in [-0.25, -0.2) is 0 Å². The van der Waals surface area contributed by atoms with Gasteiger partial charge in [0.1, 0.15) is 0 Å². The number of allylic oxidation sites excluding steroid dienone is 5. The summed E-state index contributed by atoms with van der Waals surface area (Å²) >= 11 is 0. The van der Waals surface area contributed by atoms with Crippen LogP contribution in [0.4, 0.5) is 0 Å². The average molecular weight is 999 g/mol. The predicted octanol–water partition coefficient (Wildman–Crippen LogP) is 20.0. The normalized spacial score (nSPS) is 12.8. The topological polar surface area (TPSA) is 95.9 Å². The number of hydrogen-bond donors (Lipinski definition) is 3. The zero-order valence-electron chi connectivity index (χ0n) is 47.7. The molecule has 0 aliphatic rings. The zero-order chi connectivity index (χ0) is 51.4. The summed E-state index contributed by atoms with van der Waals surface area (Å²) in [5.74, 6) is -0.0712. The highest BCUT2D eigenvalue weighted by Gasteiger charge is 2.18. The number of carbonyl (C=O) groups is 2. The van der Waals surface area contributed by atoms with Gasteiger partial charge in [0, 0.05) is 12.8 Å². The van der Waals surface area contributed by atoms with Crippen LogP contribution in [0.1, 0.15) is 341 Å². The Balaban J connectivity index is 3.45. The van der Waals surface area contributed by atoms with E-state index in [0.29, 0.717) is 19.4 Å². The molecule has 1 amide bonds. The second kappa shape index (κ2) is 60.6. The van der Waals surface area contributed by atoms with E-state index in [9.17, 15) is 19.8 Å². The molecule has 418 valence electrons. The first-order chi connectivity index (χ1) is 35.0. The quantitative estimate of drug-likeness (QED) is 0.0321. The van der Waals surface area contributed by atoms with E-state index in [0.717, 1.165) is 51.4 Å². The van der Waals surface area contributed by atoms with Gasteiger partial charge in [-0.1, -0.05) is 281 Å². The second-order valence-electron chi connectivity index (χ2n) is 21.7. The van der Waals surface area contributed by atoms with Crippen LogP contribution in [0.5, 0.6) is 0 Å². The van der Waals surface area contributed by atoms with Crippen molar-refractivity contribution in [2.24, 2.45) is 0 Å². The van der Waals surface area contributed by atoms with Gasteiger partial charge in [0.15, 0.2) is 0 Å². The van der Waals surface area contributed by atoms with Gasteiger partial charge in [-0.05, 0) is 83.5 Å². The molecule has 71 heavy (non-hydrogen) atoms. The van der Waals surface area contributed by atoms with Crippen LogP contribution in [-0.4, -0.2) is 47.4 Å². The van der Waals surface area contributed by atoms with Crippen molar-refractivity contribution in [3.8, 4) is 0 Å². The molecule has 3 N–H and O–H groups in total. The van der Waals surface area contributed by atoms with Crippen LogP contribution in [0.25, 0.3) is 0 Å². The molecule has 0 aliphatic carbocycles.